The highest BCUT2D eigenvalue weighted by Gasteiger charge is 2.40. The molecule has 0 spiro atoms. The van der Waals surface area contributed by atoms with Gasteiger partial charge in [0.15, 0.2) is 5.96 Å². The number of morpholine rings is 1. The smallest absolute Gasteiger partial charge is 0.194 e. The Morgan fingerprint density at radius 2 is 1.90 bits per heavy atom. The highest BCUT2D eigenvalue weighted by molar-refractivity contribution is 14.0. The van der Waals surface area contributed by atoms with Gasteiger partial charge in [0.2, 0.25) is 0 Å². The van der Waals surface area contributed by atoms with Crippen LogP contribution in [0.5, 0.6) is 0 Å². The fourth-order valence-electron chi connectivity index (χ4n) is 4.62. The molecule has 3 heterocycles. The zero-order valence-corrected chi connectivity index (χ0v) is 21.5. The van der Waals surface area contributed by atoms with Crippen LogP contribution in [0.25, 0.3) is 0 Å². The first kappa shape index (κ1) is 24.9. The number of hydrogen-bond donors (Lipinski definition) is 1. The van der Waals surface area contributed by atoms with E-state index in [9.17, 15) is 4.39 Å². The van der Waals surface area contributed by atoms with Crippen LogP contribution < -0.4 is 10.2 Å². The molecule has 0 aliphatic carbocycles. The van der Waals surface area contributed by atoms with Crippen molar-refractivity contribution in [2.75, 3.05) is 82.0 Å². The van der Waals surface area contributed by atoms with Gasteiger partial charge in [0.1, 0.15) is 5.82 Å². The summed E-state index contributed by atoms with van der Waals surface area (Å²) in [6.45, 7) is 10.8. The molecule has 1 atom stereocenters. The Kier molecular flexibility index (Phi) is 9.54. The molecule has 174 valence electrons. The zero-order chi connectivity index (χ0) is 20.8. The predicted molar refractivity (Wildman–Crippen MR) is 139 cm³/mol. The van der Waals surface area contributed by atoms with Crippen molar-refractivity contribution >= 4 is 47.4 Å². The number of ether oxygens (including phenoxy) is 1. The standard InChI is InChI=1S/C22H34FN5OS.HI/c1-2-24-21(25-17-22(7-16-30-18-22)28-12-14-29-15-13-28)27-10-8-26(9-11-27)20-6-4-3-5-19(20)23;/h3-6H,2,7-18H2,1H3,(H,24,25);1H. The van der Waals surface area contributed by atoms with Gasteiger partial charge in [-0.3, -0.25) is 9.89 Å². The quantitative estimate of drug-likeness (QED) is 0.338. The molecule has 1 aromatic rings. The summed E-state index contributed by atoms with van der Waals surface area (Å²) in [6.07, 6.45) is 1.20. The van der Waals surface area contributed by atoms with Crippen molar-refractivity contribution in [1.82, 2.24) is 15.1 Å². The van der Waals surface area contributed by atoms with Crippen LogP contribution in [-0.4, -0.2) is 98.4 Å². The summed E-state index contributed by atoms with van der Waals surface area (Å²) < 4.78 is 19.7. The number of benzene rings is 1. The molecule has 4 rings (SSSR count). The Bertz CT molecular complexity index is 720. The van der Waals surface area contributed by atoms with E-state index in [-0.39, 0.29) is 35.3 Å². The molecular formula is C22H35FIN5OS. The van der Waals surface area contributed by atoms with Crippen molar-refractivity contribution in [2.45, 2.75) is 18.9 Å². The van der Waals surface area contributed by atoms with E-state index < -0.39 is 0 Å². The maximum Gasteiger partial charge on any atom is 0.194 e. The normalized spacial score (nSPS) is 25.4. The van der Waals surface area contributed by atoms with Crippen molar-refractivity contribution < 1.29 is 9.13 Å². The lowest BCUT2D eigenvalue weighted by Crippen LogP contribution is -2.57. The number of anilines is 1. The van der Waals surface area contributed by atoms with E-state index >= 15 is 0 Å². The second kappa shape index (κ2) is 11.9. The third-order valence-corrected chi connectivity index (χ3v) is 7.63. The van der Waals surface area contributed by atoms with Crippen LogP contribution in [0.1, 0.15) is 13.3 Å². The number of piperazine rings is 1. The number of guanidine groups is 1. The summed E-state index contributed by atoms with van der Waals surface area (Å²) >= 11 is 2.05. The van der Waals surface area contributed by atoms with E-state index in [4.69, 9.17) is 9.73 Å². The number of hydrogen-bond acceptors (Lipinski definition) is 5. The first-order valence-corrected chi connectivity index (χ1v) is 12.3. The van der Waals surface area contributed by atoms with E-state index in [2.05, 4.69) is 26.9 Å². The van der Waals surface area contributed by atoms with E-state index in [1.54, 1.807) is 6.07 Å². The Morgan fingerprint density at radius 1 is 1.16 bits per heavy atom. The van der Waals surface area contributed by atoms with Crippen LogP contribution in [0.15, 0.2) is 29.3 Å². The summed E-state index contributed by atoms with van der Waals surface area (Å²) in [4.78, 5) is 12.2. The van der Waals surface area contributed by atoms with E-state index in [1.807, 2.05) is 23.9 Å². The highest BCUT2D eigenvalue weighted by Crippen LogP contribution is 2.34. The topological polar surface area (TPSA) is 43.3 Å². The summed E-state index contributed by atoms with van der Waals surface area (Å²) in [6, 6.07) is 7.06. The Labute approximate surface area is 207 Å². The van der Waals surface area contributed by atoms with Gasteiger partial charge in [-0.1, -0.05) is 12.1 Å². The SMILES string of the molecule is CCNC(=NCC1(N2CCOCC2)CCSC1)N1CCN(c2ccccc2F)CC1.I. The third kappa shape index (κ3) is 5.97. The van der Waals surface area contributed by atoms with Gasteiger partial charge in [-0.25, -0.2) is 4.39 Å². The van der Waals surface area contributed by atoms with Gasteiger partial charge in [-0.05, 0) is 31.2 Å². The number of halogens is 2. The molecule has 3 aliphatic heterocycles. The van der Waals surface area contributed by atoms with Crippen LogP contribution in [-0.2, 0) is 4.74 Å². The molecule has 31 heavy (non-hydrogen) atoms. The minimum Gasteiger partial charge on any atom is -0.379 e. The maximum atomic E-state index is 14.2. The zero-order valence-electron chi connectivity index (χ0n) is 18.4. The number of thioether (sulfide) groups is 1. The van der Waals surface area contributed by atoms with Crippen molar-refractivity contribution in [3.63, 3.8) is 0 Å². The molecule has 1 unspecified atom stereocenters. The van der Waals surface area contributed by atoms with Gasteiger partial charge in [-0.2, -0.15) is 11.8 Å². The second-order valence-electron chi connectivity index (χ2n) is 8.22. The first-order valence-electron chi connectivity index (χ1n) is 11.2. The highest BCUT2D eigenvalue weighted by atomic mass is 127. The number of nitrogens with zero attached hydrogens (tertiary/aromatic N) is 4. The molecular weight excluding hydrogens is 528 g/mol. The van der Waals surface area contributed by atoms with Crippen molar-refractivity contribution in [3.05, 3.63) is 30.1 Å². The number of rotatable bonds is 5. The summed E-state index contributed by atoms with van der Waals surface area (Å²) in [5.74, 6) is 3.22. The van der Waals surface area contributed by atoms with Crippen LogP contribution in [0.3, 0.4) is 0 Å². The molecule has 3 saturated heterocycles. The average molecular weight is 564 g/mol. The van der Waals surface area contributed by atoms with Crippen LogP contribution >= 0.6 is 35.7 Å². The lowest BCUT2D eigenvalue weighted by molar-refractivity contribution is -0.0105. The summed E-state index contributed by atoms with van der Waals surface area (Å²) in [5, 5.41) is 3.50. The molecule has 1 N–H and O–H groups in total. The van der Waals surface area contributed by atoms with Crippen molar-refractivity contribution in [1.29, 1.82) is 0 Å². The minimum absolute atomic E-state index is 0. The molecule has 9 heteroatoms. The molecule has 6 nitrogen and oxygen atoms in total. The molecule has 0 saturated carbocycles. The van der Waals surface area contributed by atoms with Gasteiger partial charge in [0, 0.05) is 51.6 Å². The van der Waals surface area contributed by atoms with Gasteiger partial charge in [0.05, 0.1) is 31.0 Å². The molecule has 0 aromatic heterocycles. The molecule has 0 radical (unpaired) electrons. The fourth-order valence-corrected chi connectivity index (χ4v) is 6.09. The van der Waals surface area contributed by atoms with Crippen LogP contribution in [0, 0.1) is 5.82 Å². The monoisotopic (exact) mass is 563 g/mol. The average Bonchev–Trinajstić information content (AvgIpc) is 3.28. The molecule has 3 fully saturated rings. The Morgan fingerprint density at radius 3 is 2.55 bits per heavy atom. The molecule has 0 bridgehead atoms. The lowest BCUT2D eigenvalue weighted by atomic mass is 9.96. The lowest BCUT2D eigenvalue weighted by Gasteiger charge is -2.42. The van der Waals surface area contributed by atoms with Crippen LogP contribution in [0.4, 0.5) is 10.1 Å². The molecule has 3 aliphatic rings. The summed E-state index contributed by atoms with van der Waals surface area (Å²) in [7, 11) is 0. The number of nitrogens with one attached hydrogen (secondary N) is 1. The number of para-hydroxylation sites is 1. The third-order valence-electron chi connectivity index (χ3n) is 6.39. The molecule has 0 amide bonds. The van der Waals surface area contributed by atoms with Gasteiger partial charge >= 0.3 is 0 Å². The van der Waals surface area contributed by atoms with E-state index in [0.717, 1.165) is 77.3 Å². The maximum absolute atomic E-state index is 14.2. The summed E-state index contributed by atoms with van der Waals surface area (Å²) in [5.41, 5.74) is 0.859. The Balaban J connectivity index is 0.00000272. The predicted octanol–water partition coefficient (Wildman–Crippen LogP) is 2.74. The van der Waals surface area contributed by atoms with Gasteiger partial charge in [0.25, 0.3) is 0 Å². The molecule has 1 aromatic carbocycles. The van der Waals surface area contributed by atoms with Crippen molar-refractivity contribution in [2.24, 2.45) is 4.99 Å². The van der Waals surface area contributed by atoms with E-state index in [0.29, 0.717) is 5.69 Å². The largest absolute Gasteiger partial charge is 0.379 e. The van der Waals surface area contributed by atoms with E-state index in [1.165, 1.54) is 18.2 Å². The van der Waals surface area contributed by atoms with Crippen molar-refractivity contribution in [3.8, 4) is 0 Å². The minimum atomic E-state index is -0.141. The van der Waals surface area contributed by atoms with Crippen LogP contribution in [0.2, 0.25) is 0 Å². The van der Waals surface area contributed by atoms with Gasteiger partial charge in [-0.15, -0.1) is 24.0 Å². The van der Waals surface area contributed by atoms with Gasteiger partial charge < -0.3 is 19.9 Å². The first-order chi connectivity index (χ1) is 14.7. The second-order valence-corrected chi connectivity index (χ2v) is 9.33. The fraction of sp³-hybridized carbons (Fsp3) is 0.682. The number of aliphatic imine (C=N–C) groups is 1. The Hall–Kier alpha value is -0.780.